The number of piperidine rings is 2. The molecule has 3 rings (SSSR count). The molecule has 2 aliphatic rings. The highest BCUT2D eigenvalue weighted by Gasteiger charge is 2.15. The summed E-state index contributed by atoms with van der Waals surface area (Å²) in [5, 5.41) is 3.44. The summed E-state index contributed by atoms with van der Waals surface area (Å²) in [6.45, 7) is 6.08. The van der Waals surface area contributed by atoms with E-state index in [0.29, 0.717) is 0 Å². The molecular formula is C17H28Cl2N2. The minimum atomic E-state index is 0. The maximum absolute atomic E-state index is 3.44. The van der Waals surface area contributed by atoms with Crippen LogP contribution in [0.3, 0.4) is 0 Å². The van der Waals surface area contributed by atoms with Gasteiger partial charge in [-0.25, -0.2) is 0 Å². The van der Waals surface area contributed by atoms with Gasteiger partial charge >= 0.3 is 0 Å². The third-order valence-corrected chi connectivity index (χ3v) is 4.65. The first-order chi connectivity index (χ1) is 9.42. The molecule has 0 aromatic heterocycles. The zero-order valence-electron chi connectivity index (χ0n) is 12.7. The summed E-state index contributed by atoms with van der Waals surface area (Å²) in [7, 11) is 0. The summed E-state index contributed by atoms with van der Waals surface area (Å²) in [6.07, 6.45) is 6.78. The molecule has 2 nitrogen and oxygen atoms in total. The molecule has 2 heterocycles. The van der Waals surface area contributed by atoms with Crippen molar-refractivity contribution in [3.8, 4) is 0 Å². The largest absolute Gasteiger partial charge is 0.317 e. The summed E-state index contributed by atoms with van der Waals surface area (Å²) in [6, 6.07) is 9.45. The normalized spacial score (nSPS) is 20.4. The fourth-order valence-electron chi connectivity index (χ4n) is 3.43. The van der Waals surface area contributed by atoms with Crippen LogP contribution >= 0.6 is 24.8 Å². The Labute approximate surface area is 141 Å². The maximum Gasteiger partial charge on any atom is 0.0233 e. The molecule has 0 saturated carbocycles. The number of nitrogens with zero attached hydrogens (tertiary/aromatic N) is 1. The van der Waals surface area contributed by atoms with Crippen molar-refractivity contribution in [3.63, 3.8) is 0 Å². The molecule has 21 heavy (non-hydrogen) atoms. The van der Waals surface area contributed by atoms with E-state index in [1.165, 1.54) is 63.8 Å². The number of hydrogen-bond donors (Lipinski definition) is 1. The fraction of sp³-hybridized carbons (Fsp3) is 0.647. The predicted molar refractivity (Wildman–Crippen MR) is 94.9 cm³/mol. The highest BCUT2D eigenvalue weighted by Crippen LogP contribution is 2.25. The topological polar surface area (TPSA) is 15.3 Å². The predicted octanol–water partition coefficient (Wildman–Crippen LogP) is 3.98. The Morgan fingerprint density at radius 3 is 2.14 bits per heavy atom. The van der Waals surface area contributed by atoms with Gasteiger partial charge in [-0.05, 0) is 68.9 Å². The van der Waals surface area contributed by atoms with Crippen LogP contribution in [0.25, 0.3) is 0 Å². The minimum absolute atomic E-state index is 0. The van der Waals surface area contributed by atoms with Gasteiger partial charge in [0.05, 0.1) is 0 Å². The Morgan fingerprint density at radius 1 is 0.905 bits per heavy atom. The smallest absolute Gasteiger partial charge is 0.0233 e. The molecule has 120 valence electrons. The van der Waals surface area contributed by atoms with Crippen LogP contribution in [-0.2, 0) is 6.54 Å². The zero-order chi connectivity index (χ0) is 12.9. The average molecular weight is 331 g/mol. The second kappa shape index (κ2) is 9.68. The van der Waals surface area contributed by atoms with E-state index in [0.717, 1.165) is 12.5 Å². The second-order valence-electron chi connectivity index (χ2n) is 6.10. The molecule has 2 saturated heterocycles. The summed E-state index contributed by atoms with van der Waals surface area (Å²) in [5.41, 5.74) is 3.03. The number of nitrogens with one attached hydrogen (secondary N) is 1. The molecule has 1 N–H and O–H groups in total. The minimum Gasteiger partial charge on any atom is -0.317 e. The van der Waals surface area contributed by atoms with E-state index in [2.05, 4.69) is 34.5 Å². The lowest BCUT2D eigenvalue weighted by Gasteiger charge is -2.27. The number of rotatable bonds is 3. The van der Waals surface area contributed by atoms with Crippen molar-refractivity contribution in [1.82, 2.24) is 10.2 Å². The zero-order valence-corrected chi connectivity index (χ0v) is 14.4. The van der Waals surface area contributed by atoms with Crippen molar-refractivity contribution >= 4 is 24.8 Å². The van der Waals surface area contributed by atoms with Crippen molar-refractivity contribution in [3.05, 3.63) is 35.4 Å². The monoisotopic (exact) mass is 330 g/mol. The van der Waals surface area contributed by atoms with Crippen LogP contribution in [0.5, 0.6) is 0 Å². The molecule has 4 heteroatoms. The van der Waals surface area contributed by atoms with Gasteiger partial charge < -0.3 is 5.32 Å². The highest BCUT2D eigenvalue weighted by atomic mass is 35.5. The van der Waals surface area contributed by atoms with E-state index in [-0.39, 0.29) is 24.8 Å². The van der Waals surface area contributed by atoms with Crippen LogP contribution in [0, 0.1) is 0 Å². The van der Waals surface area contributed by atoms with E-state index in [4.69, 9.17) is 0 Å². The summed E-state index contributed by atoms with van der Waals surface area (Å²) in [5.74, 6) is 0.783. The van der Waals surface area contributed by atoms with Crippen molar-refractivity contribution in [2.75, 3.05) is 26.2 Å². The quantitative estimate of drug-likeness (QED) is 0.901. The molecule has 0 unspecified atom stereocenters. The Bertz CT molecular complexity index is 382. The molecular weight excluding hydrogens is 303 g/mol. The van der Waals surface area contributed by atoms with Crippen LogP contribution in [-0.4, -0.2) is 31.1 Å². The second-order valence-corrected chi connectivity index (χ2v) is 6.10. The van der Waals surface area contributed by atoms with Crippen molar-refractivity contribution in [2.45, 2.75) is 44.6 Å². The Hall–Kier alpha value is -0.280. The highest BCUT2D eigenvalue weighted by molar-refractivity contribution is 5.85. The van der Waals surface area contributed by atoms with E-state index < -0.39 is 0 Å². The molecule has 0 amide bonds. The molecule has 0 bridgehead atoms. The van der Waals surface area contributed by atoms with Gasteiger partial charge in [-0.2, -0.15) is 0 Å². The van der Waals surface area contributed by atoms with Gasteiger partial charge in [0, 0.05) is 6.54 Å². The summed E-state index contributed by atoms with van der Waals surface area (Å²) < 4.78 is 0. The van der Waals surface area contributed by atoms with Gasteiger partial charge in [-0.1, -0.05) is 30.7 Å². The molecule has 0 spiro atoms. The van der Waals surface area contributed by atoms with Crippen molar-refractivity contribution in [1.29, 1.82) is 0 Å². The van der Waals surface area contributed by atoms with Crippen LogP contribution < -0.4 is 5.32 Å². The Balaban J connectivity index is 0.00000110. The van der Waals surface area contributed by atoms with Crippen molar-refractivity contribution < 1.29 is 0 Å². The summed E-state index contributed by atoms with van der Waals surface area (Å²) >= 11 is 0. The van der Waals surface area contributed by atoms with Crippen LogP contribution in [0.4, 0.5) is 0 Å². The Morgan fingerprint density at radius 2 is 1.52 bits per heavy atom. The Kier molecular flexibility index (Phi) is 8.65. The van der Waals surface area contributed by atoms with Crippen LogP contribution in [0.1, 0.15) is 49.1 Å². The number of halogens is 2. The first kappa shape index (κ1) is 18.8. The van der Waals surface area contributed by atoms with E-state index in [1.54, 1.807) is 5.56 Å². The molecule has 2 fully saturated rings. The van der Waals surface area contributed by atoms with E-state index in [1.807, 2.05) is 0 Å². The molecule has 1 aromatic carbocycles. The average Bonchev–Trinajstić information content (AvgIpc) is 2.50. The van der Waals surface area contributed by atoms with Crippen LogP contribution in [0.2, 0.25) is 0 Å². The molecule has 0 aliphatic carbocycles. The molecule has 0 radical (unpaired) electrons. The lowest BCUT2D eigenvalue weighted by Crippen LogP contribution is -2.29. The SMILES string of the molecule is Cl.Cl.c1cc(C2CCNCC2)ccc1CN1CCCCC1. The van der Waals surface area contributed by atoms with Crippen molar-refractivity contribution in [2.24, 2.45) is 0 Å². The van der Waals surface area contributed by atoms with Gasteiger partial charge in [0.1, 0.15) is 0 Å². The van der Waals surface area contributed by atoms with Gasteiger partial charge in [0.2, 0.25) is 0 Å². The van der Waals surface area contributed by atoms with E-state index in [9.17, 15) is 0 Å². The van der Waals surface area contributed by atoms with Gasteiger partial charge in [0.25, 0.3) is 0 Å². The number of hydrogen-bond acceptors (Lipinski definition) is 2. The third-order valence-electron chi connectivity index (χ3n) is 4.65. The molecule has 2 aliphatic heterocycles. The maximum atomic E-state index is 3.44. The lowest BCUT2D eigenvalue weighted by molar-refractivity contribution is 0.221. The lowest BCUT2D eigenvalue weighted by atomic mass is 9.90. The first-order valence-corrected chi connectivity index (χ1v) is 7.94. The number of benzene rings is 1. The molecule has 1 aromatic rings. The van der Waals surface area contributed by atoms with Gasteiger partial charge in [-0.15, -0.1) is 24.8 Å². The summed E-state index contributed by atoms with van der Waals surface area (Å²) in [4.78, 5) is 2.60. The third kappa shape index (κ3) is 5.45. The van der Waals surface area contributed by atoms with Crippen LogP contribution in [0.15, 0.2) is 24.3 Å². The number of likely N-dealkylation sites (tertiary alicyclic amines) is 1. The van der Waals surface area contributed by atoms with Gasteiger partial charge in [0.15, 0.2) is 0 Å². The van der Waals surface area contributed by atoms with Gasteiger partial charge in [-0.3, -0.25) is 4.90 Å². The standard InChI is InChI=1S/C17H26N2.2ClH/c1-2-12-19(13-3-1)14-15-4-6-16(7-5-15)17-8-10-18-11-9-17;;/h4-7,17-18H,1-3,8-14H2;2*1H. The fourth-order valence-corrected chi connectivity index (χ4v) is 3.43. The van der Waals surface area contributed by atoms with E-state index >= 15 is 0 Å². The first-order valence-electron chi connectivity index (χ1n) is 7.94. The molecule has 0 atom stereocenters.